The molecule has 27 heavy (non-hydrogen) atoms. The molecule has 136 valence electrons. The maximum atomic E-state index is 12.7. The number of anilines is 3. The first-order valence-corrected chi connectivity index (χ1v) is 9.19. The average molecular weight is 358 g/mol. The van der Waals surface area contributed by atoms with Crippen LogP contribution in [-0.4, -0.2) is 22.4 Å². The second kappa shape index (κ2) is 7.19. The number of hydrogen-bond donors (Lipinski definition) is 1. The van der Waals surface area contributed by atoms with Gasteiger partial charge in [0.25, 0.3) is 5.91 Å². The topological polar surface area (TPSA) is 58.1 Å². The molecule has 5 heteroatoms. The van der Waals surface area contributed by atoms with Gasteiger partial charge >= 0.3 is 0 Å². The maximum absolute atomic E-state index is 12.7. The van der Waals surface area contributed by atoms with Crippen molar-refractivity contribution >= 4 is 23.2 Å². The van der Waals surface area contributed by atoms with Gasteiger partial charge in [0.1, 0.15) is 5.69 Å². The van der Waals surface area contributed by atoms with Crippen LogP contribution in [-0.2, 0) is 6.42 Å². The summed E-state index contributed by atoms with van der Waals surface area (Å²) in [7, 11) is 0. The number of fused-ring (bicyclic) bond motifs is 1. The van der Waals surface area contributed by atoms with Crippen molar-refractivity contribution in [2.75, 3.05) is 16.8 Å². The van der Waals surface area contributed by atoms with Crippen LogP contribution in [0.1, 0.15) is 33.6 Å². The highest BCUT2D eigenvalue weighted by Gasteiger charge is 2.21. The molecule has 5 nitrogen and oxygen atoms in total. The van der Waals surface area contributed by atoms with E-state index in [1.807, 2.05) is 38.1 Å². The summed E-state index contributed by atoms with van der Waals surface area (Å²) in [6.45, 7) is 4.86. The fourth-order valence-corrected chi connectivity index (χ4v) is 3.49. The number of hydrogen-bond acceptors (Lipinski definition) is 4. The van der Waals surface area contributed by atoms with E-state index in [0.29, 0.717) is 11.6 Å². The maximum Gasteiger partial charge on any atom is 0.274 e. The van der Waals surface area contributed by atoms with Gasteiger partial charge in [-0.2, -0.15) is 0 Å². The molecule has 2 aromatic carbocycles. The number of carbonyl (C=O) groups is 1. The summed E-state index contributed by atoms with van der Waals surface area (Å²) in [5.74, 6) is 0.339. The quantitative estimate of drug-likeness (QED) is 0.752. The smallest absolute Gasteiger partial charge is 0.274 e. The second-order valence-corrected chi connectivity index (χ2v) is 6.90. The summed E-state index contributed by atoms with van der Waals surface area (Å²) in [6, 6.07) is 15.9. The molecule has 0 fully saturated rings. The van der Waals surface area contributed by atoms with E-state index >= 15 is 0 Å². The number of aryl methyl sites for hydroxylation is 3. The molecule has 0 radical (unpaired) electrons. The fraction of sp³-hybridized carbons (Fsp3) is 0.227. The van der Waals surface area contributed by atoms with Crippen molar-refractivity contribution < 1.29 is 4.79 Å². The molecular weight excluding hydrogens is 336 g/mol. The third-order valence-corrected chi connectivity index (χ3v) is 4.86. The third-order valence-electron chi connectivity index (χ3n) is 4.86. The van der Waals surface area contributed by atoms with E-state index in [9.17, 15) is 4.79 Å². The Morgan fingerprint density at radius 1 is 1.11 bits per heavy atom. The van der Waals surface area contributed by atoms with E-state index in [1.54, 1.807) is 12.3 Å². The summed E-state index contributed by atoms with van der Waals surface area (Å²) in [4.78, 5) is 23.8. The number of amides is 1. The Kier molecular flexibility index (Phi) is 4.59. The highest BCUT2D eigenvalue weighted by Crippen LogP contribution is 2.31. The van der Waals surface area contributed by atoms with Gasteiger partial charge < -0.3 is 10.2 Å². The van der Waals surface area contributed by atoms with Crippen molar-refractivity contribution in [3.63, 3.8) is 0 Å². The standard InChI is InChI=1S/C22H22N4O/c1-15-9-10-18(16(2)14-15)24-21(27)19-11-12-23-22(25-19)26-13-5-7-17-6-3-4-8-20(17)26/h3-4,6,8-12,14H,5,7,13H2,1-2H3,(H,24,27). The first-order valence-electron chi connectivity index (χ1n) is 9.19. The zero-order chi connectivity index (χ0) is 18.8. The van der Waals surface area contributed by atoms with E-state index in [2.05, 4.69) is 38.4 Å². The lowest BCUT2D eigenvalue weighted by Gasteiger charge is -2.29. The molecule has 1 aliphatic rings. The van der Waals surface area contributed by atoms with Crippen LogP contribution in [0, 0.1) is 13.8 Å². The molecule has 0 saturated heterocycles. The zero-order valence-electron chi connectivity index (χ0n) is 15.6. The van der Waals surface area contributed by atoms with Crippen molar-refractivity contribution in [2.45, 2.75) is 26.7 Å². The number of rotatable bonds is 3. The van der Waals surface area contributed by atoms with Crippen molar-refractivity contribution in [1.29, 1.82) is 0 Å². The molecule has 3 aromatic rings. The lowest BCUT2D eigenvalue weighted by molar-refractivity contribution is 0.102. The van der Waals surface area contributed by atoms with Gasteiger partial charge in [-0.1, -0.05) is 35.9 Å². The number of carbonyl (C=O) groups excluding carboxylic acids is 1. The Morgan fingerprint density at radius 2 is 1.96 bits per heavy atom. The first kappa shape index (κ1) is 17.2. The highest BCUT2D eigenvalue weighted by atomic mass is 16.1. The lowest BCUT2D eigenvalue weighted by atomic mass is 10.0. The van der Waals surface area contributed by atoms with Crippen LogP contribution in [0.5, 0.6) is 0 Å². The first-order chi connectivity index (χ1) is 13.1. The predicted molar refractivity (Wildman–Crippen MR) is 108 cm³/mol. The van der Waals surface area contributed by atoms with Gasteiger partial charge in [0, 0.05) is 24.1 Å². The third kappa shape index (κ3) is 3.53. The van der Waals surface area contributed by atoms with Crippen LogP contribution in [0.3, 0.4) is 0 Å². The minimum atomic E-state index is -0.226. The Labute approximate surface area is 159 Å². The van der Waals surface area contributed by atoms with Gasteiger partial charge in [-0.15, -0.1) is 0 Å². The Hall–Kier alpha value is -3.21. The minimum absolute atomic E-state index is 0.226. The summed E-state index contributed by atoms with van der Waals surface area (Å²) < 4.78 is 0. The van der Waals surface area contributed by atoms with Crippen molar-refractivity contribution in [1.82, 2.24) is 9.97 Å². The zero-order valence-corrected chi connectivity index (χ0v) is 15.6. The number of nitrogens with zero attached hydrogens (tertiary/aromatic N) is 3. The molecule has 0 spiro atoms. The lowest BCUT2D eigenvalue weighted by Crippen LogP contribution is -2.27. The van der Waals surface area contributed by atoms with Crippen LogP contribution in [0.15, 0.2) is 54.7 Å². The molecule has 0 atom stereocenters. The number of benzene rings is 2. The molecule has 1 aliphatic heterocycles. The Morgan fingerprint density at radius 3 is 2.81 bits per heavy atom. The summed E-state index contributed by atoms with van der Waals surface area (Å²) in [6.07, 6.45) is 3.75. The monoisotopic (exact) mass is 358 g/mol. The highest BCUT2D eigenvalue weighted by molar-refractivity contribution is 6.03. The van der Waals surface area contributed by atoms with E-state index < -0.39 is 0 Å². The van der Waals surface area contributed by atoms with Gasteiger partial charge in [-0.3, -0.25) is 4.79 Å². The van der Waals surface area contributed by atoms with E-state index in [-0.39, 0.29) is 5.91 Å². The van der Waals surface area contributed by atoms with Gasteiger partial charge in [-0.05, 0) is 56.0 Å². The van der Waals surface area contributed by atoms with Crippen LogP contribution in [0.4, 0.5) is 17.3 Å². The molecular formula is C22H22N4O. The second-order valence-electron chi connectivity index (χ2n) is 6.90. The van der Waals surface area contributed by atoms with Crippen LogP contribution < -0.4 is 10.2 Å². The van der Waals surface area contributed by atoms with E-state index in [0.717, 1.165) is 36.3 Å². The van der Waals surface area contributed by atoms with Gasteiger partial charge in [-0.25, -0.2) is 9.97 Å². The van der Waals surface area contributed by atoms with Gasteiger partial charge in [0.2, 0.25) is 5.95 Å². The fourth-order valence-electron chi connectivity index (χ4n) is 3.49. The molecule has 1 N–H and O–H groups in total. The van der Waals surface area contributed by atoms with E-state index in [1.165, 1.54) is 11.1 Å². The van der Waals surface area contributed by atoms with Crippen molar-refractivity contribution in [2.24, 2.45) is 0 Å². The molecule has 1 aromatic heterocycles. The molecule has 4 rings (SSSR count). The predicted octanol–water partition coefficient (Wildman–Crippen LogP) is 4.43. The Balaban J connectivity index is 1.61. The average Bonchev–Trinajstić information content (AvgIpc) is 2.69. The molecule has 0 aliphatic carbocycles. The number of aromatic nitrogens is 2. The summed E-state index contributed by atoms with van der Waals surface area (Å²) in [5.41, 5.74) is 5.77. The molecule has 0 bridgehead atoms. The van der Waals surface area contributed by atoms with Crippen LogP contribution in [0.25, 0.3) is 0 Å². The number of nitrogens with one attached hydrogen (secondary N) is 1. The van der Waals surface area contributed by atoms with Crippen molar-refractivity contribution in [3.8, 4) is 0 Å². The Bertz CT molecular complexity index is 999. The molecule has 0 saturated carbocycles. The van der Waals surface area contributed by atoms with Gasteiger partial charge in [0.15, 0.2) is 0 Å². The summed E-state index contributed by atoms with van der Waals surface area (Å²) in [5, 5.41) is 2.96. The van der Waals surface area contributed by atoms with Gasteiger partial charge in [0.05, 0.1) is 0 Å². The molecule has 2 heterocycles. The molecule has 0 unspecified atom stereocenters. The summed E-state index contributed by atoms with van der Waals surface area (Å²) >= 11 is 0. The van der Waals surface area contributed by atoms with Crippen LogP contribution >= 0.6 is 0 Å². The largest absolute Gasteiger partial charge is 0.320 e. The number of para-hydroxylation sites is 1. The van der Waals surface area contributed by atoms with Crippen molar-refractivity contribution in [3.05, 3.63) is 77.1 Å². The van der Waals surface area contributed by atoms with E-state index in [4.69, 9.17) is 0 Å². The molecule has 1 amide bonds. The van der Waals surface area contributed by atoms with Crippen LogP contribution in [0.2, 0.25) is 0 Å². The minimum Gasteiger partial charge on any atom is -0.320 e. The SMILES string of the molecule is Cc1ccc(NC(=O)c2ccnc(N3CCCc4ccccc43)n2)c(C)c1. The normalized spacial score (nSPS) is 13.2.